The molecule has 1 fully saturated rings. The molecule has 0 aromatic rings. The Morgan fingerprint density at radius 3 is 2.79 bits per heavy atom. The predicted molar refractivity (Wildman–Crippen MR) is 48.5 cm³/mol. The summed E-state index contributed by atoms with van der Waals surface area (Å²) in [5.41, 5.74) is 0. The molecule has 4 heteroatoms. The summed E-state index contributed by atoms with van der Waals surface area (Å²) < 4.78 is 16.1. The Hall–Kier alpha value is -0.870. The largest absolute Gasteiger partial charge is 0.456 e. The Morgan fingerprint density at radius 2 is 2.21 bits per heavy atom. The van der Waals surface area contributed by atoms with Gasteiger partial charge >= 0.3 is 5.97 Å². The van der Waals surface area contributed by atoms with Crippen LogP contribution < -0.4 is 0 Å². The Balaban J connectivity index is 1.97. The Bertz CT molecular complexity index is 269. The molecule has 2 aliphatic rings. The van der Waals surface area contributed by atoms with E-state index in [1.165, 1.54) is 6.08 Å². The van der Waals surface area contributed by atoms with Crippen LogP contribution in [-0.2, 0) is 19.0 Å². The van der Waals surface area contributed by atoms with E-state index < -0.39 is 5.79 Å². The van der Waals surface area contributed by atoms with Crippen molar-refractivity contribution in [3.05, 3.63) is 12.2 Å². The summed E-state index contributed by atoms with van der Waals surface area (Å²) in [5, 5.41) is 0. The molecule has 0 aromatic carbocycles. The number of hydrogen-bond acceptors (Lipinski definition) is 4. The lowest BCUT2D eigenvalue weighted by Gasteiger charge is -2.24. The minimum absolute atomic E-state index is 0.140. The third-order valence-corrected chi connectivity index (χ3v) is 2.33. The summed E-state index contributed by atoms with van der Waals surface area (Å²) >= 11 is 0. The lowest BCUT2D eigenvalue weighted by atomic mass is 10.1. The highest BCUT2D eigenvalue weighted by atomic mass is 16.7. The van der Waals surface area contributed by atoms with Crippen molar-refractivity contribution >= 4 is 5.97 Å². The van der Waals surface area contributed by atoms with E-state index in [0.717, 1.165) is 0 Å². The van der Waals surface area contributed by atoms with E-state index in [9.17, 15) is 4.79 Å². The van der Waals surface area contributed by atoms with E-state index in [4.69, 9.17) is 14.2 Å². The van der Waals surface area contributed by atoms with Gasteiger partial charge < -0.3 is 14.2 Å². The lowest BCUT2D eigenvalue weighted by Crippen LogP contribution is -2.35. The molecular weight excluding hydrogens is 184 g/mol. The van der Waals surface area contributed by atoms with Crippen molar-refractivity contribution in [3.63, 3.8) is 0 Å². The fourth-order valence-electron chi connectivity index (χ4n) is 1.66. The van der Waals surface area contributed by atoms with Crippen LogP contribution >= 0.6 is 0 Å². The van der Waals surface area contributed by atoms with E-state index in [2.05, 4.69) is 0 Å². The van der Waals surface area contributed by atoms with E-state index >= 15 is 0 Å². The molecule has 2 atom stereocenters. The normalized spacial score (nSPS) is 35.7. The van der Waals surface area contributed by atoms with Gasteiger partial charge in [-0.1, -0.05) is 6.08 Å². The molecule has 0 amide bonds. The van der Waals surface area contributed by atoms with Gasteiger partial charge in [0.05, 0.1) is 6.61 Å². The molecule has 0 aliphatic carbocycles. The SMILES string of the molecule is CC1(C)OC[C@H]([C@H]2CC=CC(=O)O2)O1. The van der Waals surface area contributed by atoms with Crippen molar-refractivity contribution < 1.29 is 19.0 Å². The summed E-state index contributed by atoms with van der Waals surface area (Å²) in [6.45, 7) is 4.19. The lowest BCUT2D eigenvalue weighted by molar-refractivity contribution is -0.167. The predicted octanol–water partition coefficient (Wildman–Crippen LogP) is 1.01. The van der Waals surface area contributed by atoms with Crippen molar-refractivity contribution in [3.8, 4) is 0 Å². The average Bonchev–Trinajstić information content (AvgIpc) is 2.46. The maximum absolute atomic E-state index is 11.0. The maximum atomic E-state index is 11.0. The van der Waals surface area contributed by atoms with Gasteiger partial charge in [-0.2, -0.15) is 0 Å². The number of ether oxygens (including phenoxy) is 3. The summed E-state index contributed by atoms with van der Waals surface area (Å²) in [4.78, 5) is 11.0. The Kier molecular flexibility index (Phi) is 2.33. The second kappa shape index (κ2) is 3.37. The van der Waals surface area contributed by atoms with Gasteiger partial charge in [-0.3, -0.25) is 0 Å². The van der Waals surface area contributed by atoms with Crippen LogP contribution in [0.4, 0.5) is 0 Å². The number of esters is 1. The molecule has 4 nitrogen and oxygen atoms in total. The molecule has 0 aromatic heterocycles. The molecule has 2 aliphatic heterocycles. The summed E-state index contributed by atoms with van der Waals surface area (Å²) in [6, 6.07) is 0. The first-order valence-electron chi connectivity index (χ1n) is 4.76. The highest BCUT2D eigenvalue weighted by Crippen LogP contribution is 2.27. The molecule has 1 saturated heterocycles. The highest BCUT2D eigenvalue weighted by Gasteiger charge is 2.39. The fraction of sp³-hybridized carbons (Fsp3) is 0.700. The van der Waals surface area contributed by atoms with Gasteiger partial charge in [0.2, 0.25) is 0 Å². The van der Waals surface area contributed by atoms with E-state index in [1.54, 1.807) is 0 Å². The maximum Gasteiger partial charge on any atom is 0.330 e. The van der Waals surface area contributed by atoms with Crippen molar-refractivity contribution in [2.24, 2.45) is 0 Å². The third kappa shape index (κ3) is 1.96. The van der Waals surface area contributed by atoms with Crippen molar-refractivity contribution in [2.75, 3.05) is 6.61 Å². The zero-order valence-electron chi connectivity index (χ0n) is 8.36. The van der Waals surface area contributed by atoms with Gasteiger partial charge in [0.15, 0.2) is 5.79 Å². The van der Waals surface area contributed by atoms with Gasteiger partial charge in [0, 0.05) is 12.5 Å². The summed E-state index contributed by atoms with van der Waals surface area (Å²) in [6.07, 6.45) is 3.62. The van der Waals surface area contributed by atoms with Gasteiger partial charge in [0.25, 0.3) is 0 Å². The van der Waals surface area contributed by atoms with Gasteiger partial charge in [-0.05, 0) is 13.8 Å². The van der Waals surface area contributed by atoms with Crippen LogP contribution in [0.1, 0.15) is 20.3 Å². The molecule has 2 heterocycles. The standard InChI is InChI=1S/C10H14O4/c1-10(2)12-6-8(14-10)7-4-3-5-9(11)13-7/h3,5,7-8H,4,6H2,1-2H3/t7-,8-/m1/s1. The van der Waals surface area contributed by atoms with E-state index in [1.807, 2.05) is 19.9 Å². The number of rotatable bonds is 1. The van der Waals surface area contributed by atoms with E-state index in [0.29, 0.717) is 13.0 Å². The zero-order chi connectivity index (χ0) is 10.2. The first-order valence-corrected chi connectivity index (χ1v) is 4.76. The number of cyclic esters (lactones) is 1. The van der Waals surface area contributed by atoms with Crippen LogP contribution in [0.25, 0.3) is 0 Å². The van der Waals surface area contributed by atoms with Crippen molar-refractivity contribution in [2.45, 2.75) is 38.3 Å². The van der Waals surface area contributed by atoms with Gasteiger partial charge in [0.1, 0.15) is 12.2 Å². The fourth-order valence-corrected chi connectivity index (χ4v) is 1.66. The van der Waals surface area contributed by atoms with Gasteiger partial charge in [-0.25, -0.2) is 4.79 Å². The quantitative estimate of drug-likeness (QED) is 0.590. The molecule has 0 radical (unpaired) electrons. The minimum atomic E-state index is -0.557. The topological polar surface area (TPSA) is 44.8 Å². The molecule has 0 N–H and O–H groups in total. The third-order valence-electron chi connectivity index (χ3n) is 2.33. The first kappa shape index (κ1) is 9.68. The van der Waals surface area contributed by atoms with Crippen molar-refractivity contribution in [1.29, 1.82) is 0 Å². The van der Waals surface area contributed by atoms with Crippen LogP contribution in [0.5, 0.6) is 0 Å². The second-order valence-corrected chi connectivity index (χ2v) is 3.98. The smallest absolute Gasteiger partial charge is 0.330 e. The zero-order valence-corrected chi connectivity index (χ0v) is 8.36. The number of carbonyl (C=O) groups excluding carboxylic acids is 1. The molecule has 0 unspecified atom stereocenters. The summed E-state index contributed by atoms with van der Waals surface area (Å²) in [7, 11) is 0. The van der Waals surface area contributed by atoms with Crippen LogP contribution in [-0.4, -0.2) is 30.6 Å². The van der Waals surface area contributed by atoms with E-state index in [-0.39, 0.29) is 18.2 Å². The number of carbonyl (C=O) groups is 1. The number of hydrogen-bond donors (Lipinski definition) is 0. The van der Waals surface area contributed by atoms with Crippen LogP contribution in [0.2, 0.25) is 0 Å². The van der Waals surface area contributed by atoms with Crippen molar-refractivity contribution in [1.82, 2.24) is 0 Å². The van der Waals surface area contributed by atoms with Gasteiger partial charge in [-0.15, -0.1) is 0 Å². The molecule has 0 saturated carbocycles. The first-order chi connectivity index (χ1) is 6.57. The molecule has 0 spiro atoms. The van der Waals surface area contributed by atoms with Crippen LogP contribution in [0.15, 0.2) is 12.2 Å². The average molecular weight is 198 g/mol. The second-order valence-electron chi connectivity index (χ2n) is 3.98. The van der Waals surface area contributed by atoms with Crippen LogP contribution in [0.3, 0.4) is 0 Å². The highest BCUT2D eigenvalue weighted by molar-refractivity contribution is 5.82. The monoisotopic (exact) mass is 198 g/mol. The molecule has 14 heavy (non-hydrogen) atoms. The summed E-state index contributed by atoms with van der Waals surface area (Å²) in [5.74, 6) is -0.854. The molecule has 2 rings (SSSR count). The molecular formula is C10H14O4. The minimum Gasteiger partial charge on any atom is -0.456 e. The Labute approximate surface area is 82.8 Å². The molecule has 78 valence electrons. The van der Waals surface area contributed by atoms with Crippen LogP contribution in [0, 0.1) is 0 Å². The Morgan fingerprint density at radius 1 is 1.43 bits per heavy atom. The molecule has 0 bridgehead atoms.